The molecule has 2 fully saturated rings. The van der Waals surface area contributed by atoms with Gasteiger partial charge >= 0.3 is 0 Å². The molecule has 2 saturated heterocycles. The second kappa shape index (κ2) is 4.42. The second-order valence-corrected chi connectivity index (χ2v) is 6.24. The summed E-state index contributed by atoms with van der Waals surface area (Å²) in [5.41, 5.74) is 0.448. The van der Waals surface area contributed by atoms with Crippen molar-refractivity contribution in [2.45, 2.75) is 38.3 Å². The quantitative estimate of drug-likeness (QED) is 0.751. The number of rotatable bonds is 2. The number of likely N-dealkylation sites (tertiary alicyclic amines) is 1. The first-order valence-corrected chi connectivity index (χ1v) is 6.90. The Bertz CT molecular complexity index is 188. The van der Waals surface area contributed by atoms with Crippen LogP contribution in [0.2, 0.25) is 0 Å². The van der Waals surface area contributed by atoms with E-state index in [2.05, 4.69) is 35.8 Å². The molecule has 14 heavy (non-hydrogen) atoms. The molecule has 0 aromatic carbocycles. The van der Waals surface area contributed by atoms with Gasteiger partial charge in [-0.15, -0.1) is 0 Å². The van der Waals surface area contributed by atoms with Crippen LogP contribution in [0, 0.1) is 0 Å². The topological polar surface area (TPSA) is 15.3 Å². The van der Waals surface area contributed by atoms with Crippen LogP contribution in [0.4, 0.5) is 0 Å². The minimum absolute atomic E-state index is 0.448. The van der Waals surface area contributed by atoms with E-state index in [0.717, 1.165) is 6.04 Å². The van der Waals surface area contributed by atoms with Crippen LogP contribution >= 0.6 is 11.8 Å². The highest BCUT2D eigenvalue weighted by Gasteiger charge is 2.33. The van der Waals surface area contributed by atoms with Crippen LogP contribution < -0.4 is 5.32 Å². The molecule has 0 radical (unpaired) electrons. The molecule has 1 N–H and O–H groups in total. The van der Waals surface area contributed by atoms with E-state index in [0.29, 0.717) is 5.54 Å². The van der Waals surface area contributed by atoms with E-state index < -0.39 is 0 Å². The van der Waals surface area contributed by atoms with Crippen LogP contribution in [-0.2, 0) is 0 Å². The van der Waals surface area contributed by atoms with Crippen molar-refractivity contribution in [1.82, 2.24) is 10.2 Å². The van der Waals surface area contributed by atoms with E-state index in [4.69, 9.17) is 0 Å². The van der Waals surface area contributed by atoms with E-state index in [9.17, 15) is 0 Å². The van der Waals surface area contributed by atoms with Crippen LogP contribution in [-0.4, -0.2) is 47.6 Å². The third kappa shape index (κ3) is 2.44. The Morgan fingerprint density at radius 2 is 2.36 bits per heavy atom. The smallest absolute Gasteiger partial charge is 0.0286 e. The van der Waals surface area contributed by atoms with Crippen LogP contribution in [0.5, 0.6) is 0 Å². The van der Waals surface area contributed by atoms with Gasteiger partial charge in [0.1, 0.15) is 0 Å². The largest absolute Gasteiger partial charge is 0.311 e. The molecule has 0 amide bonds. The van der Waals surface area contributed by atoms with Crippen LogP contribution in [0.1, 0.15) is 26.7 Å². The molecule has 1 unspecified atom stereocenters. The lowest BCUT2D eigenvalue weighted by atomic mass is 10.0. The first-order chi connectivity index (χ1) is 6.68. The van der Waals surface area contributed by atoms with E-state index in [-0.39, 0.29) is 0 Å². The summed E-state index contributed by atoms with van der Waals surface area (Å²) in [6, 6.07) is 0.728. The predicted molar refractivity (Wildman–Crippen MR) is 64.0 cm³/mol. The van der Waals surface area contributed by atoms with Gasteiger partial charge < -0.3 is 5.32 Å². The van der Waals surface area contributed by atoms with Gasteiger partial charge in [0.25, 0.3) is 0 Å². The fourth-order valence-corrected chi connectivity index (χ4v) is 3.44. The minimum Gasteiger partial charge on any atom is -0.311 e. The molecule has 1 atom stereocenters. The molecule has 0 aliphatic carbocycles. The zero-order chi connectivity index (χ0) is 10.0. The summed E-state index contributed by atoms with van der Waals surface area (Å²) < 4.78 is 0. The normalized spacial score (nSPS) is 33.4. The monoisotopic (exact) mass is 214 g/mol. The van der Waals surface area contributed by atoms with Gasteiger partial charge in [0, 0.05) is 36.2 Å². The van der Waals surface area contributed by atoms with Gasteiger partial charge in [-0.2, -0.15) is 11.8 Å². The Balaban J connectivity index is 1.83. The maximum atomic E-state index is 3.62. The number of hydrogen-bond acceptors (Lipinski definition) is 3. The Hall–Kier alpha value is 0.270. The van der Waals surface area contributed by atoms with Gasteiger partial charge in [-0.1, -0.05) is 0 Å². The van der Waals surface area contributed by atoms with Gasteiger partial charge in [0.05, 0.1) is 0 Å². The highest BCUT2D eigenvalue weighted by Crippen LogP contribution is 2.28. The number of thioether (sulfide) groups is 1. The summed E-state index contributed by atoms with van der Waals surface area (Å²) >= 11 is 2.10. The Labute approximate surface area is 91.8 Å². The molecular formula is C11H22N2S. The fraction of sp³-hybridized carbons (Fsp3) is 1.00. The highest BCUT2D eigenvalue weighted by atomic mass is 32.2. The summed E-state index contributed by atoms with van der Waals surface area (Å²) in [6.45, 7) is 8.52. The lowest BCUT2D eigenvalue weighted by Gasteiger charge is -2.36. The third-order valence-corrected chi connectivity index (χ3v) is 4.64. The Morgan fingerprint density at radius 1 is 1.50 bits per heavy atom. The van der Waals surface area contributed by atoms with E-state index in [1.54, 1.807) is 0 Å². The first-order valence-electron chi connectivity index (χ1n) is 5.75. The standard InChI is InChI=1S/C11H22N2S/c1-11(2)4-3-6-13(11)8-10-9-14-7-5-12-10/h10,12H,3-9H2,1-2H3. The predicted octanol–water partition coefficient (Wildman–Crippen LogP) is 1.57. The zero-order valence-electron chi connectivity index (χ0n) is 9.38. The summed E-state index contributed by atoms with van der Waals surface area (Å²) in [4.78, 5) is 2.66. The van der Waals surface area contributed by atoms with E-state index >= 15 is 0 Å². The van der Waals surface area contributed by atoms with Crippen molar-refractivity contribution in [3.05, 3.63) is 0 Å². The first kappa shape index (κ1) is 10.8. The summed E-state index contributed by atoms with van der Waals surface area (Å²) in [5, 5.41) is 3.62. The fourth-order valence-electron chi connectivity index (χ4n) is 2.50. The molecule has 2 aliphatic heterocycles. The van der Waals surface area contributed by atoms with Crippen molar-refractivity contribution in [3.8, 4) is 0 Å². The van der Waals surface area contributed by atoms with Gasteiger partial charge in [0.15, 0.2) is 0 Å². The van der Waals surface area contributed by atoms with Crippen molar-refractivity contribution in [3.63, 3.8) is 0 Å². The number of nitrogens with zero attached hydrogens (tertiary/aromatic N) is 1. The SMILES string of the molecule is CC1(C)CCCN1CC1CSCCN1. The average molecular weight is 214 g/mol. The molecule has 0 bridgehead atoms. The summed E-state index contributed by atoms with van der Waals surface area (Å²) in [6.07, 6.45) is 2.75. The Morgan fingerprint density at radius 3 is 2.93 bits per heavy atom. The van der Waals surface area contributed by atoms with Crippen LogP contribution in [0.25, 0.3) is 0 Å². The molecule has 2 rings (SSSR count). The molecule has 0 aromatic rings. The lowest BCUT2D eigenvalue weighted by Crippen LogP contribution is -2.50. The van der Waals surface area contributed by atoms with Crippen molar-refractivity contribution in [2.24, 2.45) is 0 Å². The van der Waals surface area contributed by atoms with E-state index in [1.165, 1.54) is 44.0 Å². The number of hydrogen-bond donors (Lipinski definition) is 1. The van der Waals surface area contributed by atoms with Crippen LogP contribution in [0.3, 0.4) is 0 Å². The lowest BCUT2D eigenvalue weighted by molar-refractivity contribution is 0.160. The molecule has 0 aromatic heterocycles. The minimum atomic E-state index is 0.448. The van der Waals surface area contributed by atoms with Gasteiger partial charge in [-0.05, 0) is 33.2 Å². The van der Waals surface area contributed by atoms with Crippen molar-refractivity contribution in [1.29, 1.82) is 0 Å². The maximum Gasteiger partial charge on any atom is 0.0286 e. The highest BCUT2D eigenvalue weighted by molar-refractivity contribution is 7.99. The second-order valence-electron chi connectivity index (χ2n) is 5.09. The molecular weight excluding hydrogens is 192 g/mol. The molecule has 0 saturated carbocycles. The maximum absolute atomic E-state index is 3.62. The summed E-state index contributed by atoms with van der Waals surface area (Å²) in [7, 11) is 0. The summed E-state index contributed by atoms with van der Waals surface area (Å²) in [5.74, 6) is 2.59. The molecule has 2 aliphatic rings. The van der Waals surface area contributed by atoms with Crippen LogP contribution in [0.15, 0.2) is 0 Å². The zero-order valence-corrected chi connectivity index (χ0v) is 10.2. The third-order valence-electron chi connectivity index (χ3n) is 3.51. The van der Waals surface area contributed by atoms with E-state index in [1.807, 2.05) is 0 Å². The van der Waals surface area contributed by atoms with Crippen molar-refractivity contribution >= 4 is 11.8 Å². The molecule has 2 heterocycles. The number of nitrogens with one attached hydrogen (secondary N) is 1. The van der Waals surface area contributed by atoms with Gasteiger partial charge in [0.2, 0.25) is 0 Å². The Kier molecular flexibility index (Phi) is 3.40. The molecule has 0 spiro atoms. The molecule has 2 nitrogen and oxygen atoms in total. The molecule has 3 heteroatoms. The van der Waals surface area contributed by atoms with Crippen molar-refractivity contribution in [2.75, 3.05) is 31.1 Å². The van der Waals surface area contributed by atoms with Crippen molar-refractivity contribution < 1.29 is 0 Å². The molecule has 82 valence electrons. The average Bonchev–Trinajstić information content (AvgIpc) is 2.48. The van der Waals surface area contributed by atoms with Gasteiger partial charge in [-0.3, -0.25) is 4.90 Å². The van der Waals surface area contributed by atoms with Gasteiger partial charge in [-0.25, -0.2) is 0 Å².